The van der Waals surface area contributed by atoms with Crippen LogP contribution in [0.4, 0.5) is 0 Å². The Balaban J connectivity index is 2.82. The molecule has 1 N–H and O–H groups in total. The Morgan fingerprint density at radius 1 is 1.41 bits per heavy atom. The largest absolute Gasteiger partial charge is 0.339 e. The molecule has 1 aliphatic rings. The Hall–Kier alpha value is -0.620. The first-order chi connectivity index (χ1) is 9.76. The maximum Gasteiger partial charge on any atom is 0.225 e. The van der Waals surface area contributed by atoms with Gasteiger partial charge in [0.25, 0.3) is 0 Å². The van der Waals surface area contributed by atoms with E-state index >= 15 is 0 Å². The van der Waals surface area contributed by atoms with Gasteiger partial charge in [-0.3, -0.25) is 4.79 Å². The molecule has 0 aromatic carbocycles. The number of rotatable bonds is 6. The van der Waals surface area contributed by atoms with Crippen LogP contribution >= 0.6 is 0 Å². The molecule has 22 heavy (non-hydrogen) atoms. The van der Waals surface area contributed by atoms with E-state index in [1.54, 1.807) is 0 Å². The van der Waals surface area contributed by atoms with Crippen molar-refractivity contribution in [2.75, 3.05) is 12.8 Å². The molecule has 1 rings (SSSR count). The molecule has 5 nitrogen and oxygen atoms in total. The molecule has 0 aliphatic carbocycles. The van der Waals surface area contributed by atoms with Crippen LogP contribution in [0.3, 0.4) is 0 Å². The van der Waals surface area contributed by atoms with E-state index in [9.17, 15) is 13.2 Å². The van der Waals surface area contributed by atoms with Crippen LogP contribution in [0.5, 0.6) is 0 Å². The second kappa shape index (κ2) is 6.48. The minimum Gasteiger partial charge on any atom is -0.339 e. The third-order valence-corrected chi connectivity index (χ3v) is 5.25. The van der Waals surface area contributed by atoms with Gasteiger partial charge in [0.05, 0.1) is 6.26 Å². The summed E-state index contributed by atoms with van der Waals surface area (Å²) in [6, 6.07) is 0.252. The molecule has 6 heteroatoms. The number of carbonyl (C=O) groups is 1. The zero-order chi connectivity index (χ0) is 17.3. The Morgan fingerprint density at radius 2 is 1.95 bits per heavy atom. The lowest BCUT2D eigenvalue weighted by molar-refractivity contribution is -0.137. The molecule has 0 saturated carbocycles. The minimum absolute atomic E-state index is 0.152. The van der Waals surface area contributed by atoms with Crippen LogP contribution in [-0.4, -0.2) is 43.6 Å². The van der Waals surface area contributed by atoms with Crippen molar-refractivity contribution >= 4 is 15.9 Å². The lowest BCUT2D eigenvalue weighted by Crippen LogP contribution is -2.47. The van der Waals surface area contributed by atoms with Gasteiger partial charge in [0.15, 0.2) is 0 Å². The lowest BCUT2D eigenvalue weighted by atomic mass is 9.88. The van der Waals surface area contributed by atoms with Crippen LogP contribution < -0.4 is 4.72 Å². The molecule has 2 atom stereocenters. The third-order valence-electron chi connectivity index (χ3n) is 4.32. The van der Waals surface area contributed by atoms with Crippen molar-refractivity contribution in [2.45, 2.75) is 72.4 Å². The van der Waals surface area contributed by atoms with Crippen LogP contribution in [0.15, 0.2) is 0 Å². The van der Waals surface area contributed by atoms with E-state index in [0.29, 0.717) is 6.42 Å². The van der Waals surface area contributed by atoms with Crippen molar-refractivity contribution in [1.29, 1.82) is 0 Å². The first-order valence-corrected chi connectivity index (χ1v) is 9.95. The molecule has 2 unspecified atom stereocenters. The molecule has 1 amide bonds. The first kappa shape index (κ1) is 19.4. The van der Waals surface area contributed by atoms with Crippen molar-refractivity contribution < 1.29 is 13.2 Å². The van der Waals surface area contributed by atoms with Gasteiger partial charge in [0.2, 0.25) is 15.9 Å². The average molecular weight is 333 g/mol. The monoisotopic (exact) mass is 332 g/mol. The van der Waals surface area contributed by atoms with Crippen molar-refractivity contribution in [3.63, 3.8) is 0 Å². The smallest absolute Gasteiger partial charge is 0.225 e. The molecule has 0 aromatic rings. The van der Waals surface area contributed by atoms with Crippen LogP contribution in [0.1, 0.15) is 60.8 Å². The zero-order valence-electron chi connectivity index (χ0n) is 15.1. The molecular formula is C16H32N2O3S. The minimum atomic E-state index is -3.28. The molecule has 130 valence electrons. The van der Waals surface area contributed by atoms with E-state index < -0.39 is 15.6 Å². The van der Waals surface area contributed by atoms with E-state index in [1.165, 1.54) is 0 Å². The van der Waals surface area contributed by atoms with Gasteiger partial charge in [-0.25, -0.2) is 13.1 Å². The molecule has 0 spiro atoms. The first-order valence-electron chi connectivity index (χ1n) is 8.06. The van der Waals surface area contributed by atoms with Gasteiger partial charge in [-0.1, -0.05) is 20.8 Å². The highest BCUT2D eigenvalue weighted by molar-refractivity contribution is 7.88. The van der Waals surface area contributed by atoms with Gasteiger partial charge >= 0.3 is 0 Å². The number of nitrogens with zero attached hydrogens (tertiary/aromatic N) is 1. The van der Waals surface area contributed by atoms with Crippen LogP contribution in [0.25, 0.3) is 0 Å². The van der Waals surface area contributed by atoms with E-state index in [0.717, 1.165) is 25.6 Å². The van der Waals surface area contributed by atoms with Crippen molar-refractivity contribution in [3.05, 3.63) is 0 Å². The number of nitrogens with one attached hydrogen (secondary N) is 1. The fourth-order valence-electron chi connectivity index (χ4n) is 3.69. The summed E-state index contributed by atoms with van der Waals surface area (Å²) in [7, 11) is -3.28. The van der Waals surface area contributed by atoms with E-state index in [-0.39, 0.29) is 23.3 Å². The predicted molar refractivity (Wildman–Crippen MR) is 90.0 cm³/mol. The van der Waals surface area contributed by atoms with Crippen molar-refractivity contribution in [1.82, 2.24) is 9.62 Å². The molecule has 1 fully saturated rings. The summed E-state index contributed by atoms with van der Waals surface area (Å²) in [6.45, 7) is 12.9. The number of amides is 1. The summed E-state index contributed by atoms with van der Waals surface area (Å²) in [4.78, 5) is 14.8. The van der Waals surface area contributed by atoms with Crippen LogP contribution in [-0.2, 0) is 14.8 Å². The van der Waals surface area contributed by atoms with Crippen LogP contribution in [0, 0.1) is 11.3 Å². The second-order valence-electron chi connectivity index (χ2n) is 8.25. The highest BCUT2D eigenvalue weighted by atomic mass is 32.2. The summed E-state index contributed by atoms with van der Waals surface area (Å²) in [6.07, 6.45) is 3.40. The normalized spacial score (nSPS) is 23.6. The summed E-state index contributed by atoms with van der Waals surface area (Å²) in [5, 5.41) is 0. The number of likely N-dealkylation sites (tertiary alicyclic amines) is 1. The van der Waals surface area contributed by atoms with Gasteiger partial charge in [-0.15, -0.1) is 0 Å². The molecule has 1 saturated heterocycles. The topological polar surface area (TPSA) is 66.5 Å². The SMILES string of the molecule is CCC(CC(C)(C)NS(C)(=O)=O)C(=O)N1CC(C)(C)CC1C. The third kappa shape index (κ3) is 5.54. The summed E-state index contributed by atoms with van der Waals surface area (Å²) in [5.41, 5.74) is -0.462. The Kier molecular flexibility index (Phi) is 5.72. The Bertz CT molecular complexity index is 511. The fraction of sp³-hybridized carbons (Fsp3) is 0.938. The summed E-state index contributed by atoms with van der Waals surface area (Å²) in [5.74, 6) is 0.00421. The average Bonchev–Trinajstić information content (AvgIpc) is 2.55. The van der Waals surface area contributed by atoms with E-state index in [4.69, 9.17) is 0 Å². The molecule has 1 aliphatic heterocycles. The number of hydrogen-bond acceptors (Lipinski definition) is 3. The fourth-order valence-corrected chi connectivity index (χ4v) is 4.77. The second-order valence-corrected chi connectivity index (χ2v) is 10.00. The maximum atomic E-state index is 12.9. The van der Waals surface area contributed by atoms with Gasteiger partial charge in [-0.2, -0.15) is 0 Å². The molecule has 0 aromatic heterocycles. The molecule has 0 radical (unpaired) electrons. The van der Waals surface area contributed by atoms with Gasteiger partial charge < -0.3 is 4.90 Å². The number of sulfonamides is 1. The highest BCUT2D eigenvalue weighted by Crippen LogP contribution is 2.35. The molecule has 0 bridgehead atoms. The van der Waals surface area contributed by atoms with E-state index in [1.807, 2.05) is 25.7 Å². The Morgan fingerprint density at radius 3 is 2.32 bits per heavy atom. The number of carbonyl (C=O) groups excluding carboxylic acids is 1. The lowest BCUT2D eigenvalue weighted by Gasteiger charge is -2.32. The van der Waals surface area contributed by atoms with Gasteiger partial charge in [-0.05, 0) is 45.4 Å². The quantitative estimate of drug-likeness (QED) is 0.812. The van der Waals surface area contributed by atoms with Crippen molar-refractivity contribution in [2.24, 2.45) is 11.3 Å². The standard InChI is InChI=1S/C16H32N2O3S/c1-8-13(10-16(5,6)17-22(7,20)21)14(19)18-11-15(3,4)9-12(18)2/h12-13,17H,8-11H2,1-7H3. The maximum absolute atomic E-state index is 12.9. The highest BCUT2D eigenvalue weighted by Gasteiger charge is 2.40. The summed E-state index contributed by atoms with van der Waals surface area (Å²) < 4.78 is 25.6. The molecule has 1 heterocycles. The van der Waals surface area contributed by atoms with Gasteiger partial charge in [0, 0.05) is 24.0 Å². The molecular weight excluding hydrogens is 300 g/mol. The zero-order valence-corrected chi connectivity index (χ0v) is 15.9. The Labute approximate surface area is 135 Å². The van der Waals surface area contributed by atoms with Crippen LogP contribution in [0.2, 0.25) is 0 Å². The van der Waals surface area contributed by atoms with Crippen molar-refractivity contribution in [3.8, 4) is 0 Å². The van der Waals surface area contributed by atoms with Gasteiger partial charge in [0.1, 0.15) is 0 Å². The van der Waals surface area contributed by atoms with E-state index in [2.05, 4.69) is 25.5 Å². The number of hydrogen-bond donors (Lipinski definition) is 1. The summed E-state index contributed by atoms with van der Waals surface area (Å²) >= 11 is 0. The predicted octanol–water partition coefficient (Wildman–Crippen LogP) is 2.38.